The lowest BCUT2D eigenvalue weighted by atomic mass is 9.79. The summed E-state index contributed by atoms with van der Waals surface area (Å²) in [4.78, 5) is 12.2. The molecule has 0 radical (unpaired) electrons. The van der Waals surface area contributed by atoms with E-state index in [1.165, 1.54) is 0 Å². The van der Waals surface area contributed by atoms with E-state index in [0.717, 1.165) is 31.2 Å². The monoisotopic (exact) mass is 414 g/mol. The first-order chi connectivity index (χ1) is 13.6. The van der Waals surface area contributed by atoms with Crippen LogP contribution in [0.25, 0.3) is 0 Å². The Balaban J connectivity index is 1.68. The van der Waals surface area contributed by atoms with Gasteiger partial charge < -0.3 is 9.47 Å². The molecule has 29 heavy (non-hydrogen) atoms. The third-order valence-corrected chi connectivity index (χ3v) is 5.03. The van der Waals surface area contributed by atoms with Crippen molar-refractivity contribution in [3.8, 4) is 11.5 Å². The van der Waals surface area contributed by atoms with Crippen molar-refractivity contribution in [1.29, 1.82) is 0 Å². The smallest absolute Gasteiger partial charge is 0.423 e. The molecule has 0 unspecified atom stereocenters. The van der Waals surface area contributed by atoms with Crippen LogP contribution in [0.3, 0.4) is 0 Å². The van der Waals surface area contributed by atoms with Crippen molar-refractivity contribution in [2.75, 3.05) is 0 Å². The van der Waals surface area contributed by atoms with E-state index in [1.54, 1.807) is 12.1 Å². The van der Waals surface area contributed by atoms with Crippen molar-refractivity contribution in [3.05, 3.63) is 59.2 Å². The van der Waals surface area contributed by atoms with Crippen LogP contribution in [0.15, 0.2) is 36.4 Å². The molecule has 1 fully saturated rings. The Bertz CT molecular complexity index is 846. The maximum Gasteiger partial charge on any atom is 0.573 e. The Hall–Kier alpha value is -2.64. The molecule has 0 bridgehead atoms. The van der Waals surface area contributed by atoms with E-state index < -0.39 is 35.5 Å². The first-order valence-electron chi connectivity index (χ1n) is 9.19. The number of hydrogen-bond donors (Lipinski definition) is 0. The van der Waals surface area contributed by atoms with E-state index >= 15 is 0 Å². The number of carbonyl (C=O) groups is 1. The molecule has 0 atom stereocenters. The zero-order valence-corrected chi connectivity index (χ0v) is 15.6. The second-order valence-corrected chi connectivity index (χ2v) is 7.23. The van der Waals surface area contributed by atoms with Gasteiger partial charge in [0.2, 0.25) is 5.75 Å². The Morgan fingerprint density at radius 2 is 1.52 bits per heavy atom. The van der Waals surface area contributed by atoms with Crippen LogP contribution in [0.2, 0.25) is 0 Å². The summed E-state index contributed by atoms with van der Waals surface area (Å²) < 4.78 is 72.2. The van der Waals surface area contributed by atoms with Crippen molar-refractivity contribution in [3.63, 3.8) is 0 Å². The summed E-state index contributed by atoms with van der Waals surface area (Å²) >= 11 is 0. The third kappa shape index (κ3) is 5.46. The highest BCUT2D eigenvalue weighted by atomic mass is 19.4. The highest BCUT2D eigenvalue weighted by molar-refractivity contribution is 5.91. The Kier molecular flexibility index (Phi) is 6.10. The first-order valence-corrected chi connectivity index (χ1v) is 9.19. The summed E-state index contributed by atoms with van der Waals surface area (Å²) in [7, 11) is 0. The molecular weight excluding hydrogens is 395 g/mol. The zero-order valence-electron chi connectivity index (χ0n) is 15.6. The van der Waals surface area contributed by atoms with Gasteiger partial charge in [0.05, 0.1) is 5.56 Å². The fraction of sp³-hybridized carbons (Fsp3) is 0.381. The van der Waals surface area contributed by atoms with Gasteiger partial charge in [-0.2, -0.15) is 0 Å². The van der Waals surface area contributed by atoms with Gasteiger partial charge in [0.1, 0.15) is 5.75 Å². The SMILES string of the molecule is CC1CCC(c2ccc(C(=O)Oc3cc(F)c(OC(F)(F)F)c(F)c3)cc2)CC1. The van der Waals surface area contributed by atoms with E-state index in [1.807, 2.05) is 12.1 Å². The van der Waals surface area contributed by atoms with Crippen molar-refractivity contribution in [2.24, 2.45) is 5.92 Å². The van der Waals surface area contributed by atoms with Crippen LogP contribution in [0.4, 0.5) is 22.0 Å². The lowest BCUT2D eigenvalue weighted by molar-refractivity contribution is -0.276. The molecule has 3 nitrogen and oxygen atoms in total. The summed E-state index contributed by atoms with van der Waals surface area (Å²) in [5.41, 5.74) is 1.27. The van der Waals surface area contributed by atoms with Gasteiger partial charge in [-0.3, -0.25) is 0 Å². The van der Waals surface area contributed by atoms with Crippen LogP contribution in [-0.2, 0) is 0 Å². The van der Waals surface area contributed by atoms with Crippen LogP contribution >= 0.6 is 0 Å². The van der Waals surface area contributed by atoms with Crippen LogP contribution in [0.1, 0.15) is 54.4 Å². The first kappa shape index (κ1) is 21.1. The molecule has 1 saturated carbocycles. The van der Waals surface area contributed by atoms with Crippen molar-refractivity contribution < 1.29 is 36.2 Å². The molecule has 0 aliphatic heterocycles. The average molecular weight is 414 g/mol. The van der Waals surface area contributed by atoms with Crippen LogP contribution < -0.4 is 9.47 Å². The van der Waals surface area contributed by atoms with Crippen LogP contribution in [-0.4, -0.2) is 12.3 Å². The lowest BCUT2D eigenvalue weighted by Crippen LogP contribution is -2.19. The number of hydrogen-bond acceptors (Lipinski definition) is 3. The van der Waals surface area contributed by atoms with Gasteiger partial charge >= 0.3 is 12.3 Å². The molecule has 2 aromatic carbocycles. The molecule has 3 rings (SSSR count). The van der Waals surface area contributed by atoms with E-state index in [0.29, 0.717) is 24.0 Å². The quantitative estimate of drug-likeness (QED) is 0.331. The predicted molar refractivity (Wildman–Crippen MR) is 94.8 cm³/mol. The van der Waals surface area contributed by atoms with Gasteiger partial charge in [-0.25, -0.2) is 13.6 Å². The van der Waals surface area contributed by atoms with E-state index in [4.69, 9.17) is 4.74 Å². The lowest BCUT2D eigenvalue weighted by Gasteiger charge is -2.26. The molecule has 0 amide bonds. The molecule has 0 spiro atoms. The van der Waals surface area contributed by atoms with Gasteiger partial charge in [0, 0.05) is 12.1 Å². The largest absolute Gasteiger partial charge is 0.573 e. The number of alkyl halides is 3. The number of esters is 1. The maximum atomic E-state index is 13.7. The predicted octanol–water partition coefficient (Wildman–Crippen LogP) is 6.38. The van der Waals surface area contributed by atoms with Crippen LogP contribution in [0.5, 0.6) is 11.5 Å². The second-order valence-electron chi connectivity index (χ2n) is 7.23. The Morgan fingerprint density at radius 3 is 2.03 bits per heavy atom. The number of rotatable bonds is 4. The Labute approximate surface area is 164 Å². The van der Waals surface area contributed by atoms with Gasteiger partial charge in [-0.05, 0) is 42.4 Å². The molecule has 0 heterocycles. The number of halogens is 5. The van der Waals surface area contributed by atoms with Gasteiger partial charge in [0.25, 0.3) is 0 Å². The molecular formula is C21H19F5O3. The highest BCUT2D eigenvalue weighted by Gasteiger charge is 2.34. The van der Waals surface area contributed by atoms with E-state index in [9.17, 15) is 26.7 Å². The van der Waals surface area contributed by atoms with E-state index in [-0.39, 0.29) is 5.56 Å². The van der Waals surface area contributed by atoms with Crippen molar-refractivity contribution in [1.82, 2.24) is 0 Å². The minimum atomic E-state index is -5.25. The Morgan fingerprint density at radius 1 is 0.966 bits per heavy atom. The minimum absolute atomic E-state index is 0.161. The number of benzene rings is 2. The molecule has 1 aliphatic rings. The molecule has 0 N–H and O–H groups in total. The minimum Gasteiger partial charge on any atom is -0.423 e. The molecule has 8 heteroatoms. The maximum absolute atomic E-state index is 13.7. The van der Waals surface area contributed by atoms with Crippen molar-refractivity contribution in [2.45, 2.75) is 44.9 Å². The number of ether oxygens (including phenoxy) is 2. The molecule has 1 aliphatic carbocycles. The van der Waals surface area contributed by atoms with Gasteiger partial charge in [0.15, 0.2) is 11.6 Å². The normalized spacial score (nSPS) is 19.7. The second kappa shape index (κ2) is 8.39. The van der Waals surface area contributed by atoms with E-state index in [2.05, 4.69) is 11.7 Å². The molecule has 2 aromatic rings. The topological polar surface area (TPSA) is 35.5 Å². The van der Waals surface area contributed by atoms with Crippen molar-refractivity contribution >= 4 is 5.97 Å². The number of carbonyl (C=O) groups excluding carboxylic acids is 1. The van der Waals surface area contributed by atoms with Crippen LogP contribution in [0, 0.1) is 17.6 Å². The van der Waals surface area contributed by atoms with Gasteiger partial charge in [-0.1, -0.05) is 31.9 Å². The summed E-state index contributed by atoms with van der Waals surface area (Å²) in [6.45, 7) is 2.22. The highest BCUT2D eigenvalue weighted by Crippen LogP contribution is 2.36. The molecule has 0 saturated heterocycles. The van der Waals surface area contributed by atoms with Gasteiger partial charge in [-0.15, -0.1) is 13.2 Å². The fourth-order valence-electron chi connectivity index (χ4n) is 3.46. The molecule has 0 aromatic heterocycles. The summed E-state index contributed by atoms with van der Waals surface area (Å²) in [5.74, 6) is -5.17. The summed E-state index contributed by atoms with van der Waals surface area (Å²) in [6, 6.07) is 7.67. The zero-order chi connectivity index (χ0) is 21.2. The fourth-order valence-corrected chi connectivity index (χ4v) is 3.46. The summed E-state index contributed by atoms with van der Waals surface area (Å²) in [6.07, 6.45) is -0.789. The third-order valence-electron chi connectivity index (χ3n) is 5.03. The average Bonchev–Trinajstić information content (AvgIpc) is 2.65. The standard InChI is InChI=1S/C21H19F5O3/c1-12-2-4-13(5-3-12)14-6-8-15(9-7-14)20(27)28-16-10-17(22)19(18(23)11-16)29-21(24,25)26/h6-13H,2-5H2,1H3. The molecule has 156 valence electrons. The summed E-state index contributed by atoms with van der Waals surface area (Å²) in [5, 5.41) is 0.